The molecular weight excluding hydrogens is 436 g/mol. The van der Waals surface area contributed by atoms with Crippen molar-refractivity contribution in [3.05, 3.63) is 61.1 Å². The maximum atomic E-state index is 13.1. The summed E-state index contributed by atoms with van der Waals surface area (Å²) < 4.78 is 11.5. The molecule has 5 rings (SSSR count). The highest BCUT2D eigenvalue weighted by Crippen LogP contribution is 2.43. The maximum absolute atomic E-state index is 13.1. The van der Waals surface area contributed by atoms with Gasteiger partial charge in [0, 0.05) is 28.4 Å². The lowest BCUT2D eigenvalue weighted by Gasteiger charge is -2.40. The zero-order valence-electron chi connectivity index (χ0n) is 17.5. The van der Waals surface area contributed by atoms with Gasteiger partial charge in [-0.1, -0.05) is 0 Å². The molecule has 31 heavy (non-hydrogen) atoms. The molecule has 8 heteroatoms. The summed E-state index contributed by atoms with van der Waals surface area (Å²) in [4.78, 5) is 26.7. The van der Waals surface area contributed by atoms with E-state index in [0.29, 0.717) is 17.1 Å². The summed E-state index contributed by atoms with van der Waals surface area (Å²) in [5.74, 6) is -0.115. The summed E-state index contributed by atoms with van der Waals surface area (Å²) in [5, 5.41) is 7.28. The van der Waals surface area contributed by atoms with Crippen molar-refractivity contribution in [2.24, 2.45) is 0 Å². The minimum Gasteiger partial charge on any atom is -0.423 e. The van der Waals surface area contributed by atoms with Crippen LogP contribution >= 0.6 is 23.7 Å². The van der Waals surface area contributed by atoms with Gasteiger partial charge in [0.2, 0.25) is 0 Å². The lowest BCUT2D eigenvalue weighted by molar-refractivity contribution is -0.0792. The average molecular weight is 461 g/mol. The Morgan fingerprint density at radius 2 is 1.90 bits per heavy atom. The molecule has 0 unspecified atom stereocenters. The molecule has 2 aromatic heterocycles. The first-order valence-electron chi connectivity index (χ1n) is 10.3. The van der Waals surface area contributed by atoms with Gasteiger partial charge in [-0.15, -0.1) is 23.7 Å². The molecule has 2 aliphatic rings. The second-order valence-electron chi connectivity index (χ2n) is 8.16. The fraction of sp³-hybridized carbons (Fsp3) is 0.391. The molecule has 0 atom stereocenters. The van der Waals surface area contributed by atoms with E-state index in [-0.39, 0.29) is 29.5 Å². The molecule has 1 spiro atoms. The van der Waals surface area contributed by atoms with Gasteiger partial charge in [0.05, 0.1) is 17.1 Å². The largest absolute Gasteiger partial charge is 0.423 e. The number of aryl methyl sites for hydroxylation is 2. The lowest BCUT2D eigenvalue weighted by Crippen LogP contribution is -2.44. The summed E-state index contributed by atoms with van der Waals surface area (Å²) in [6, 6.07) is 7.18. The molecule has 2 N–H and O–H groups in total. The monoisotopic (exact) mass is 460 g/mol. The van der Waals surface area contributed by atoms with Gasteiger partial charge in [-0.25, -0.2) is 4.79 Å². The smallest absolute Gasteiger partial charge is 0.336 e. The van der Waals surface area contributed by atoms with Gasteiger partial charge in [0.15, 0.2) is 0 Å². The van der Waals surface area contributed by atoms with Gasteiger partial charge in [-0.3, -0.25) is 4.79 Å². The Morgan fingerprint density at radius 1 is 1.13 bits per heavy atom. The van der Waals surface area contributed by atoms with Gasteiger partial charge >= 0.3 is 5.63 Å². The van der Waals surface area contributed by atoms with E-state index in [4.69, 9.17) is 9.15 Å². The van der Waals surface area contributed by atoms with Gasteiger partial charge in [0.25, 0.3) is 5.91 Å². The van der Waals surface area contributed by atoms with Crippen molar-refractivity contribution in [2.45, 2.75) is 38.7 Å². The summed E-state index contributed by atoms with van der Waals surface area (Å²) in [5.41, 5.74) is 3.52. The van der Waals surface area contributed by atoms with E-state index in [1.165, 1.54) is 16.5 Å². The normalized spacial score (nSPS) is 17.2. The van der Waals surface area contributed by atoms with Crippen LogP contribution in [0, 0.1) is 13.8 Å². The van der Waals surface area contributed by atoms with Crippen molar-refractivity contribution in [3.8, 4) is 0 Å². The Labute approximate surface area is 190 Å². The number of carbonyl (C=O) groups is 1. The number of hydrogen-bond donors (Lipinski definition) is 2. The number of thiophene rings is 1. The first kappa shape index (κ1) is 22.0. The number of benzene rings is 1. The average Bonchev–Trinajstić information content (AvgIpc) is 3.16. The third-order valence-corrected chi connectivity index (χ3v) is 7.38. The Bertz CT molecular complexity index is 1210. The molecule has 0 bridgehead atoms. The second kappa shape index (κ2) is 8.39. The van der Waals surface area contributed by atoms with Crippen molar-refractivity contribution >= 4 is 46.3 Å². The van der Waals surface area contributed by atoms with Crippen molar-refractivity contribution in [1.29, 1.82) is 0 Å². The molecule has 3 aromatic rings. The minimum absolute atomic E-state index is 0. The van der Waals surface area contributed by atoms with E-state index in [9.17, 15) is 9.59 Å². The summed E-state index contributed by atoms with van der Waals surface area (Å²) >= 11 is 1.57. The van der Waals surface area contributed by atoms with E-state index in [1.54, 1.807) is 17.4 Å². The second-order valence-corrected chi connectivity index (χ2v) is 9.29. The fourth-order valence-corrected chi connectivity index (χ4v) is 5.68. The molecule has 6 nitrogen and oxygen atoms in total. The molecule has 2 aliphatic heterocycles. The summed E-state index contributed by atoms with van der Waals surface area (Å²) in [7, 11) is 0. The van der Waals surface area contributed by atoms with Crippen LogP contribution in [-0.2, 0) is 16.8 Å². The zero-order chi connectivity index (χ0) is 20.9. The highest BCUT2D eigenvalue weighted by Gasteiger charge is 2.40. The van der Waals surface area contributed by atoms with Gasteiger partial charge < -0.3 is 19.8 Å². The number of halogens is 1. The molecule has 0 saturated carbocycles. The van der Waals surface area contributed by atoms with Crippen molar-refractivity contribution in [3.63, 3.8) is 0 Å². The fourth-order valence-electron chi connectivity index (χ4n) is 4.56. The topological polar surface area (TPSA) is 80.6 Å². The highest BCUT2D eigenvalue weighted by molar-refractivity contribution is 7.14. The van der Waals surface area contributed by atoms with Crippen LogP contribution in [0.5, 0.6) is 0 Å². The standard InChI is InChI=1S/C23H24N2O4S.ClH/c1-13-10-21(26)29-18-9-14(2)17(11-15(13)18)25-22(27)20-12-16-19(30-20)3-8-28-23(16)4-6-24-7-5-23;/h9-12,24H,3-8H2,1-2H3,(H,25,27);1H. The molecule has 0 aliphatic carbocycles. The summed E-state index contributed by atoms with van der Waals surface area (Å²) in [6.45, 7) is 6.34. The Hall–Kier alpha value is -2.19. The molecule has 1 amide bonds. The van der Waals surface area contributed by atoms with Gasteiger partial charge in [0.1, 0.15) is 5.58 Å². The number of hydrogen-bond acceptors (Lipinski definition) is 6. The Kier molecular flexibility index (Phi) is 5.96. The number of amides is 1. The van der Waals surface area contributed by atoms with Crippen LogP contribution in [0.4, 0.5) is 5.69 Å². The maximum Gasteiger partial charge on any atom is 0.336 e. The van der Waals surface area contributed by atoms with Crippen LogP contribution in [-0.4, -0.2) is 25.6 Å². The Morgan fingerprint density at radius 3 is 2.68 bits per heavy atom. The van der Waals surface area contributed by atoms with Crippen LogP contribution in [0.2, 0.25) is 0 Å². The van der Waals surface area contributed by atoms with E-state index in [0.717, 1.165) is 54.6 Å². The predicted octanol–water partition coefficient (Wildman–Crippen LogP) is 4.30. The minimum atomic E-state index is -0.366. The third kappa shape index (κ3) is 3.91. The lowest BCUT2D eigenvalue weighted by atomic mass is 9.83. The van der Waals surface area contributed by atoms with Crippen LogP contribution < -0.4 is 16.3 Å². The van der Waals surface area contributed by atoms with Crippen LogP contribution in [0.25, 0.3) is 11.0 Å². The number of anilines is 1. The van der Waals surface area contributed by atoms with Gasteiger partial charge in [-0.05, 0) is 74.7 Å². The predicted molar refractivity (Wildman–Crippen MR) is 125 cm³/mol. The van der Waals surface area contributed by atoms with Crippen molar-refractivity contribution in [1.82, 2.24) is 5.32 Å². The zero-order valence-corrected chi connectivity index (χ0v) is 19.1. The van der Waals surface area contributed by atoms with E-state index in [1.807, 2.05) is 26.0 Å². The van der Waals surface area contributed by atoms with E-state index < -0.39 is 0 Å². The number of nitrogens with one attached hydrogen (secondary N) is 2. The number of ether oxygens (including phenoxy) is 1. The number of piperidine rings is 1. The van der Waals surface area contributed by atoms with Crippen LogP contribution in [0.1, 0.15) is 44.1 Å². The first-order chi connectivity index (χ1) is 14.4. The molecule has 1 aromatic carbocycles. The van der Waals surface area contributed by atoms with Gasteiger partial charge in [-0.2, -0.15) is 0 Å². The molecular formula is C23H25ClN2O4S. The van der Waals surface area contributed by atoms with Crippen LogP contribution in [0.15, 0.2) is 33.5 Å². The van der Waals surface area contributed by atoms with Crippen LogP contribution in [0.3, 0.4) is 0 Å². The molecule has 0 radical (unpaired) electrons. The van der Waals surface area contributed by atoms with E-state index >= 15 is 0 Å². The summed E-state index contributed by atoms with van der Waals surface area (Å²) in [6.07, 6.45) is 2.73. The number of carbonyl (C=O) groups excluding carboxylic acids is 1. The molecule has 1 fully saturated rings. The van der Waals surface area contributed by atoms with Crippen molar-refractivity contribution in [2.75, 3.05) is 25.0 Å². The molecule has 4 heterocycles. The molecule has 164 valence electrons. The first-order valence-corrected chi connectivity index (χ1v) is 11.1. The molecule has 1 saturated heterocycles. The highest BCUT2D eigenvalue weighted by atomic mass is 35.5. The Balaban J connectivity index is 0.00000231. The van der Waals surface area contributed by atoms with E-state index in [2.05, 4.69) is 10.6 Å². The quantitative estimate of drug-likeness (QED) is 0.557. The SMILES string of the molecule is Cc1cc2oc(=O)cc(C)c2cc1NC(=O)c1cc2c(s1)CCOC21CCNCC1.Cl. The van der Waals surface area contributed by atoms with Crippen molar-refractivity contribution < 1.29 is 13.9 Å². The number of rotatable bonds is 2. The number of fused-ring (bicyclic) bond motifs is 3. The third-order valence-electron chi connectivity index (χ3n) is 6.19.